The van der Waals surface area contributed by atoms with E-state index in [9.17, 15) is 22.4 Å². The molecule has 0 bridgehead atoms. The van der Waals surface area contributed by atoms with Crippen LogP contribution in [0.2, 0.25) is 0 Å². The van der Waals surface area contributed by atoms with E-state index in [0.29, 0.717) is 11.1 Å². The van der Waals surface area contributed by atoms with Crippen LogP contribution in [0, 0.1) is 11.6 Å². The molecular weight excluding hydrogens is 438 g/mol. The summed E-state index contributed by atoms with van der Waals surface area (Å²) in [6, 6.07) is 12.5. The number of ether oxygens (including phenoxy) is 1. The first-order valence-electron chi connectivity index (χ1n) is 9.97. The molecule has 1 atom stereocenters. The van der Waals surface area contributed by atoms with Gasteiger partial charge in [0, 0.05) is 36.3 Å². The highest BCUT2D eigenvalue weighted by molar-refractivity contribution is 6.05. The molecule has 0 fully saturated rings. The highest BCUT2D eigenvalue weighted by Crippen LogP contribution is 2.25. The van der Waals surface area contributed by atoms with Crippen molar-refractivity contribution < 1.29 is 27.1 Å². The third-order valence-electron chi connectivity index (χ3n) is 4.87. The van der Waals surface area contributed by atoms with Gasteiger partial charge in [0.1, 0.15) is 17.7 Å². The third kappa shape index (κ3) is 5.94. The zero-order valence-electron chi connectivity index (χ0n) is 17.9. The number of rotatable bonds is 7. The number of hydrogen-bond donors (Lipinski definition) is 0. The van der Waals surface area contributed by atoms with Crippen LogP contribution in [0.3, 0.4) is 0 Å². The SMILES string of the molecule is CN=C(OC(C)c1ccc(CN(C(=O)c2ccncc2)c2cccc(F)c2)c(F)c1)C(F)F. The van der Waals surface area contributed by atoms with Crippen molar-refractivity contribution in [3.8, 4) is 0 Å². The van der Waals surface area contributed by atoms with Crippen LogP contribution in [0.15, 0.2) is 72.0 Å². The number of alkyl halides is 2. The summed E-state index contributed by atoms with van der Waals surface area (Å²) in [6.07, 6.45) is -0.873. The molecule has 5 nitrogen and oxygen atoms in total. The molecule has 0 saturated heterocycles. The highest BCUT2D eigenvalue weighted by atomic mass is 19.3. The number of benzene rings is 2. The molecule has 172 valence electrons. The molecule has 1 unspecified atom stereocenters. The number of anilines is 1. The second-order valence-electron chi connectivity index (χ2n) is 7.08. The summed E-state index contributed by atoms with van der Waals surface area (Å²) in [5, 5.41) is 0. The first kappa shape index (κ1) is 23.9. The average molecular weight is 459 g/mol. The van der Waals surface area contributed by atoms with Gasteiger partial charge in [0.25, 0.3) is 11.8 Å². The minimum Gasteiger partial charge on any atom is -0.469 e. The predicted molar refractivity (Wildman–Crippen MR) is 116 cm³/mol. The van der Waals surface area contributed by atoms with Crippen molar-refractivity contribution in [1.82, 2.24) is 4.98 Å². The summed E-state index contributed by atoms with van der Waals surface area (Å²) >= 11 is 0. The maximum absolute atomic E-state index is 15.0. The lowest BCUT2D eigenvalue weighted by Crippen LogP contribution is -2.31. The monoisotopic (exact) mass is 459 g/mol. The summed E-state index contributed by atoms with van der Waals surface area (Å²) in [6.45, 7) is 1.30. The molecule has 0 aliphatic heterocycles. The van der Waals surface area contributed by atoms with Gasteiger partial charge in [-0.15, -0.1) is 0 Å². The summed E-state index contributed by atoms with van der Waals surface area (Å²) in [5.74, 6) is -2.43. The second-order valence-corrected chi connectivity index (χ2v) is 7.08. The Balaban J connectivity index is 1.89. The molecule has 0 aliphatic carbocycles. The summed E-state index contributed by atoms with van der Waals surface area (Å²) < 4.78 is 59.7. The van der Waals surface area contributed by atoms with Crippen LogP contribution in [0.5, 0.6) is 0 Å². The standard InChI is InChI=1S/C24H21F4N3O2/c1-15(33-23(29-2)22(27)28)17-6-7-18(21(26)12-17)14-31(20-5-3-4-19(25)13-20)24(32)16-8-10-30-11-9-16/h3-13,15,22H,14H2,1-2H3. The maximum Gasteiger partial charge on any atom is 0.312 e. The second kappa shape index (κ2) is 10.7. The van der Waals surface area contributed by atoms with Crippen molar-refractivity contribution in [3.05, 3.63) is 95.3 Å². The fourth-order valence-corrected chi connectivity index (χ4v) is 3.14. The number of hydrogen-bond acceptors (Lipinski definition) is 4. The van der Waals surface area contributed by atoms with E-state index in [-0.39, 0.29) is 17.8 Å². The van der Waals surface area contributed by atoms with Crippen LogP contribution in [-0.4, -0.2) is 30.3 Å². The van der Waals surface area contributed by atoms with Crippen LogP contribution < -0.4 is 4.90 Å². The minimum atomic E-state index is -2.89. The lowest BCUT2D eigenvalue weighted by atomic mass is 10.1. The molecular formula is C24H21F4N3O2. The number of aliphatic imine (C=N–C) groups is 1. The molecule has 0 N–H and O–H groups in total. The van der Waals surface area contributed by atoms with E-state index in [1.54, 1.807) is 6.07 Å². The largest absolute Gasteiger partial charge is 0.469 e. The quantitative estimate of drug-likeness (QED) is 0.263. The molecule has 1 amide bonds. The van der Waals surface area contributed by atoms with Gasteiger partial charge in [0.2, 0.25) is 0 Å². The normalized spacial score (nSPS) is 12.5. The van der Waals surface area contributed by atoms with E-state index in [0.717, 1.165) is 6.07 Å². The van der Waals surface area contributed by atoms with Crippen LogP contribution in [0.4, 0.5) is 23.2 Å². The Hall–Kier alpha value is -3.75. The van der Waals surface area contributed by atoms with Gasteiger partial charge in [0.15, 0.2) is 0 Å². The van der Waals surface area contributed by atoms with Gasteiger partial charge in [-0.1, -0.05) is 18.2 Å². The van der Waals surface area contributed by atoms with Crippen molar-refractivity contribution in [2.75, 3.05) is 11.9 Å². The fourth-order valence-electron chi connectivity index (χ4n) is 3.14. The fraction of sp³-hybridized carbons (Fsp3) is 0.208. The Morgan fingerprint density at radius 1 is 1.09 bits per heavy atom. The van der Waals surface area contributed by atoms with E-state index in [1.165, 1.54) is 73.7 Å². The topological polar surface area (TPSA) is 54.8 Å². The van der Waals surface area contributed by atoms with Crippen molar-refractivity contribution in [3.63, 3.8) is 0 Å². The molecule has 0 saturated carbocycles. The van der Waals surface area contributed by atoms with Crippen LogP contribution >= 0.6 is 0 Å². The Morgan fingerprint density at radius 2 is 1.82 bits per heavy atom. The average Bonchev–Trinajstić information content (AvgIpc) is 2.81. The van der Waals surface area contributed by atoms with Crippen molar-refractivity contribution in [1.29, 1.82) is 0 Å². The van der Waals surface area contributed by atoms with Gasteiger partial charge in [-0.2, -0.15) is 8.78 Å². The lowest BCUT2D eigenvalue weighted by molar-refractivity contribution is 0.0984. The van der Waals surface area contributed by atoms with Crippen LogP contribution in [0.25, 0.3) is 0 Å². The molecule has 2 aromatic carbocycles. The lowest BCUT2D eigenvalue weighted by Gasteiger charge is -2.24. The van der Waals surface area contributed by atoms with Crippen LogP contribution in [0.1, 0.15) is 34.5 Å². The molecule has 1 heterocycles. The van der Waals surface area contributed by atoms with Gasteiger partial charge >= 0.3 is 6.43 Å². The zero-order chi connectivity index (χ0) is 24.0. The van der Waals surface area contributed by atoms with E-state index >= 15 is 0 Å². The molecule has 3 rings (SSSR count). The molecule has 3 aromatic rings. The number of nitrogens with zero attached hydrogens (tertiary/aromatic N) is 3. The van der Waals surface area contributed by atoms with E-state index in [4.69, 9.17) is 4.74 Å². The first-order valence-corrected chi connectivity index (χ1v) is 9.97. The van der Waals surface area contributed by atoms with Gasteiger partial charge in [0.05, 0.1) is 6.54 Å². The summed E-state index contributed by atoms with van der Waals surface area (Å²) in [5.41, 5.74) is 1.01. The predicted octanol–water partition coefficient (Wildman–Crippen LogP) is 5.58. The number of carbonyl (C=O) groups excluding carboxylic acids is 1. The number of amides is 1. The van der Waals surface area contributed by atoms with E-state index in [2.05, 4.69) is 9.98 Å². The maximum atomic E-state index is 15.0. The Kier molecular flexibility index (Phi) is 7.76. The molecule has 9 heteroatoms. The van der Waals surface area contributed by atoms with Crippen molar-refractivity contribution in [2.45, 2.75) is 26.0 Å². The van der Waals surface area contributed by atoms with Crippen molar-refractivity contribution in [2.24, 2.45) is 4.99 Å². The van der Waals surface area contributed by atoms with Gasteiger partial charge in [-0.25, -0.2) is 8.78 Å². The highest BCUT2D eigenvalue weighted by Gasteiger charge is 2.22. The third-order valence-corrected chi connectivity index (χ3v) is 4.87. The minimum absolute atomic E-state index is 0.149. The number of halogens is 4. The molecule has 0 radical (unpaired) electrons. The number of carbonyl (C=O) groups is 1. The Labute approximate surface area is 188 Å². The smallest absolute Gasteiger partial charge is 0.312 e. The van der Waals surface area contributed by atoms with Crippen molar-refractivity contribution >= 4 is 17.5 Å². The number of aromatic nitrogens is 1. The van der Waals surface area contributed by atoms with Crippen LogP contribution in [-0.2, 0) is 11.3 Å². The Morgan fingerprint density at radius 3 is 2.42 bits per heavy atom. The van der Waals surface area contributed by atoms with Gasteiger partial charge < -0.3 is 9.64 Å². The molecule has 0 aliphatic rings. The summed E-state index contributed by atoms with van der Waals surface area (Å²) in [4.78, 5) is 21.6. The first-order chi connectivity index (χ1) is 15.8. The molecule has 33 heavy (non-hydrogen) atoms. The zero-order valence-corrected chi connectivity index (χ0v) is 17.9. The van der Waals surface area contributed by atoms with Gasteiger partial charge in [-0.3, -0.25) is 14.8 Å². The number of pyridine rings is 1. The summed E-state index contributed by atoms with van der Waals surface area (Å²) in [7, 11) is 1.18. The van der Waals surface area contributed by atoms with Gasteiger partial charge in [-0.05, 0) is 48.9 Å². The van der Waals surface area contributed by atoms with E-state index in [1.807, 2.05) is 0 Å². The van der Waals surface area contributed by atoms with E-state index < -0.39 is 36.0 Å². The Bertz CT molecular complexity index is 1140. The molecule has 1 aromatic heterocycles. The molecule has 0 spiro atoms.